The lowest BCUT2D eigenvalue weighted by molar-refractivity contribution is -0.150. The number of Topliss-reactive ketones (excluding diaryl/α,β-unsaturated/α-hetero) is 2. The van der Waals surface area contributed by atoms with Gasteiger partial charge in [0.2, 0.25) is 0 Å². The van der Waals surface area contributed by atoms with Crippen LogP contribution in [0.1, 0.15) is 83.5 Å². The van der Waals surface area contributed by atoms with Crippen molar-refractivity contribution in [3.05, 3.63) is 144 Å². The molecule has 0 aliphatic carbocycles. The minimum absolute atomic E-state index is 0.00289. The summed E-state index contributed by atoms with van der Waals surface area (Å²) in [5.74, 6) is -4.63. The number of aliphatic hydroxyl groups excluding tert-OH is 2. The number of carbonyl (C=O) groups excluding carboxylic acids is 4. The molecule has 85 heavy (non-hydrogen) atoms. The molecule has 4 bridgehead atoms. The van der Waals surface area contributed by atoms with Crippen molar-refractivity contribution in [2.45, 2.75) is 93.8 Å². The third kappa shape index (κ3) is 14.0. The standard InChI is InChI=1S/C31H32F3N5O5.C28H28F3N5O5/c1-30(2)43-18-22(44-30)17-42-21-10-12-35-27(14-21)37-29(41)39-20-11-13-38(16-20)25-9-8-24(36-28(25)39)26(40)15-23(31(32,33)34)19-6-4-3-5-7-19;29-28(30,31)21(17-4-2-1-3-5-17)13-24(39)22-6-7-23-26(33-22)36(18-9-11-35(23)14-18)27(40)34-25-12-20(8-10-32-25)41-16-19(38)15-37/h3-10,12,14,20,22-23H,11,13,15-18H2,1-2H3,(H,35,37,41);1-8,10,12,18-19,21,37-38H,9,11,13-16H2,(H,32,34,40)/t20-,22-,23+;18-,19+,21+/m00/s1. The van der Waals surface area contributed by atoms with Crippen LogP contribution in [0.25, 0.3) is 0 Å². The lowest BCUT2D eigenvalue weighted by atomic mass is 9.92. The lowest BCUT2D eigenvalue weighted by Crippen LogP contribution is -2.48. The maximum atomic E-state index is 14.0. The Morgan fingerprint density at radius 1 is 0.671 bits per heavy atom. The van der Waals surface area contributed by atoms with E-state index in [0.29, 0.717) is 68.5 Å². The Hall–Kier alpha value is -8.46. The van der Waals surface area contributed by atoms with E-state index >= 15 is 0 Å². The van der Waals surface area contributed by atoms with E-state index in [-0.39, 0.29) is 77.2 Å². The molecule has 0 unspecified atom stereocenters. The van der Waals surface area contributed by atoms with Gasteiger partial charge in [0.25, 0.3) is 0 Å². The second-order valence-corrected chi connectivity index (χ2v) is 21.4. The number of aliphatic hydroxyl groups is 2. The largest absolute Gasteiger partial charge is 0.491 e. The van der Waals surface area contributed by atoms with Crippen LogP contribution in [0.2, 0.25) is 0 Å². The van der Waals surface area contributed by atoms with Gasteiger partial charge < -0.3 is 39.0 Å². The van der Waals surface area contributed by atoms with Gasteiger partial charge in [0.1, 0.15) is 59.9 Å². The van der Waals surface area contributed by atoms with E-state index < -0.39 is 79.2 Å². The number of amides is 4. The number of nitrogens with zero attached hydrogens (tertiary/aromatic N) is 8. The summed E-state index contributed by atoms with van der Waals surface area (Å²) >= 11 is 0. The first-order valence-corrected chi connectivity index (χ1v) is 27.4. The zero-order chi connectivity index (χ0) is 60.2. The van der Waals surface area contributed by atoms with Gasteiger partial charge in [-0.25, -0.2) is 29.5 Å². The van der Waals surface area contributed by atoms with E-state index in [2.05, 4.69) is 35.5 Å². The van der Waals surface area contributed by atoms with Crippen LogP contribution in [0, 0.1) is 0 Å². The zero-order valence-corrected chi connectivity index (χ0v) is 46.0. The molecule has 448 valence electrons. The molecule has 3 fully saturated rings. The Bertz CT molecular complexity index is 3380. The summed E-state index contributed by atoms with van der Waals surface area (Å²) in [6.45, 7) is 6.09. The summed E-state index contributed by atoms with van der Waals surface area (Å²) in [5, 5.41) is 23.9. The highest BCUT2D eigenvalue weighted by Gasteiger charge is 2.46. The van der Waals surface area contributed by atoms with Gasteiger partial charge in [-0.2, -0.15) is 26.3 Å². The first-order valence-electron chi connectivity index (χ1n) is 27.4. The SMILES string of the molecule is CC1(C)OC[C@H](COc2ccnc(NC(=O)N3c4nc(C(=O)C[C@H](c5ccccc5)C(F)(F)F)ccc4N4CC[C@H]3C4)c2)O1.O=C(C[C@H](c1ccccc1)C(F)(F)F)c1ccc2c(n1)N(C(=O)Nc1cc(OC[C@H](O)CO)ccn1)[C@H]1CCN2C1. The van der Waals surface area contributed by atoms with Crippen LogP contribution >= 0.6 is 0 Å². The highest BCUT2D eigenvalue weighted by Crippen LogP contribution is 2.44. The van der Waals surface area contributed by atoms with E-state index in [1.165, 1.54) is 95.0 Å². The number of urea groups is 2. The summed E-state index contributed by atoms with van der Waals surface area (Å²) in [4.78, 5) is 77.7. The predicted molar refractivity (Wildman–Crippen MR) is 299 cm³/mol. The number of hydrogen-bond donors (Lipinski definition) is 4. The number of hydrogen-bond acceptors (Lipinski definition) is 16. The molecular formula is C59H60F6N10O10. The fraction of sp³-hybridized carbons (Fsp3) is 0.390. The molecule has 2 aromatic carbocycles. The topological polar surface area (TPSA) is 234 Å². The van der Waals surface area contributed by atoms with Crippen molar-refractivity contribution in [2.24, 2.45) is 0 Å². The highest BCUT2D eigenvalue weighted by atomic mass is 19.4. The Morgan fingerprint density at radius 2 is 1.13 bits per heavy atom. The van der Waals surface area contributed by atoms with Crippen molar-refractivity contribution in [1.29, 1.82) is 0 Å². The number of alkyl halides is 6. The molecule has 3 saturated heterocycles. The van der Waals surface area contributed by atoms with E-state index in [1.807, 2.05) is 18.7 Å². The van der Waals surface area contributed by atoms with Gasteiger partial charge in [0.05, 0.1) is 48.5 Å². The summed E-state index contributed by atoms with van der Waals surface area (Å²) < 4.78 is 106. The Kier molecular flexibility index (Phi) is 17.6. The number of pyridine rings is 4. The van der Waals surface area contributed by atoms with Crippen LogP contribution in [0.4, 0.5) is 70.6 Å². The molecule has 6 atom stereocenters. The summed E-state index contributed by atoms with van der Waals surface area (Å²) in [5.41, 5.74) is 0.926. The van der Waals surface area contributed by atoms with Crippen LogP contribution in [0.15, 0.2) is 122 Å². The van der Waals surface area contributed by atoms with Crippen molar-refractivity contribution in [3.63, 3.8) is 0 Å². The molecule has 20 nitrogen and oxygen atoms in total. The number of benzene rings is 2. The third-order valence-electron chi connectivity index (χ3n) is 15.0. The Morgan fingerprint density at radius 3 is 1.55 bits per heavy atom. The van der Waals surface area contributed by atoms with Crippen LogP contribution in [-0.4, -0.2) is 149 Å². The molecule has 4 aromatic heterocycles. The van der Waals surface area contributed by atoms with E-state index in [4.69, 9.17) is 24.1 Å². The van der Waals surface area contributed by atoms with Crippen LogP contribution in [0.3, 0.4) is 0 Å². The van der Waals surface area contributed by atoms with Crippen LogP contribution in [0.5, 0.6) is 11.5 Å². The zero-order valence-electron chi connectivity index (χ0n) is 46.0. The molecule has 11 rings (SSSR count). The molecule has 5 aliphatic rings. The molecule has 0 spiro atoms. The number of ketones is 2. The number of ether oxygens (including phenoxy) is 4. The number of carbonyl (C=O) groups is 4. The molecule has 9 heterocycles. The quantitative estimate of drug-likeness (QED) is 0.0492. The average Bonchev–Trinajstić information content (AvgIpc) is 2.78. The average molecular weight is 1180 g/mol. The van der Waals surface area contributed by atoms with Gasteiger partial charge in [-0.3, -0.25) is 30.0 Å². The van der Waals surface area contributed by atoms with Gasteiger partial charge in [-0.05, 0) is 74.2 Å². The van der Waals surface area contributed by atoms with Crippen molar-refractivity contribution < 1.29 is 74.7 Å². The molecule has 6 aromatic rings. The second-order valence-electron chi connectivity index (χ2n) is 21.4. The molecule has 4 N–H and O–H groups in total. The van der Waals surface area contributed by atoms with E-state index in [9.17, 15) is 50.6 Å². The van der Waals surface area contributed by atoms with Crippen molar-refractivity contribution in [3.8, 4) is 11.5 Å². The number of fused-ring (bicyclic) bond motifs is 8. The third-order valence-corrected chi connectivity index (χ3v) is 15.0. The first-order chi connectivity index (χ1) is 40.6. The highest BCUT2D eigenvalue weighted by molar-refractivity contribution is 6.06. The van der Waals surface area contributed by atoms with Gasteiger partial charge in [0.15, 0.2) is 29.0 Å². The fourth-order valence-corrected chi connectivity index (χ4v) is 10.8. The maximum Gasteiger partial charge on any atom is 0.396 e. The van der Waals surface area contributed by atoms with E-state index in [0.717, 1.165) is 0 Å². The smallest absolute Gasteiger partial charge is 0.396 e. The molecular weight excluding hydrogens is 1120 g/mol. The summed E-state index contributed by atoms with van der Waals surface area (Å²) in [7, 11) is 0. The van der Waals surface area contributed by atoms with Crippen LogP contribution < -0.4 is 39.7 Å². The Labute approximate surface area is 483 Å². The molecule has 0 radical (unpaired) electrons. The Balaban J connectivity index is 0.000000190. The first kappa shape index (κ1) is 59.7. The number of rotatable bonds is 17. The van der Waals surface area contributed by atoms with E-state index in [1.54, 1.807) is 36.4 Å². The predicted octanol–water partition coefficient (Wildman–Crippen LogP) is 9.31. The molecule has 4 amide bonds. The van der Waals surface area contributed by atoms with Gasteiger partial charge in [-0.1, -0.05) is 60.7 Å². The van der Waals surface area contributed by atoms with Crippen LogP contribution in [-0.2, 0) is 9.47 Å². The normalized spacial score (nSPS) is 19.4. The molecule has 26 heteroatoms. The minimum atomic E-state index is -4.64. The number of halogens is 6. The monoisotopic (exact) mass is 1180 g/mol. The fourth-order valence-electron chi connectivity index (χ4n) is 10.8. The summed E-state index contributed by atoms with van der Waals surface area (Å²) in [6.07, 6.45) is -8.00. The lowest BCUT2D eigenvalue weighted by Gasteiger charge is -2.35. The van der Waals surface area contributed by atoms with Gasteiger partial charge in [-0.15, -0.1) is 0 Å². The van der Waals surface area contributed by atoms with Gasteiger partial charge in [0, 0.05) is 63.5 Å². The number of aromatic nitrogens is 4. The van der Waals surface area contributed by atoms with Crippen molar-refractivity contribution in [2.75, 3.05) is 82.8 Å². The minimum Gasteiger partial charge on any atom is -0.491 e. The maximum absolute atomic E-state index is 14.0. The number of nitrogens with one attached hydrogen (secondary N) is 2. The van der Waals surface area contributed by atoms with Gasteiger partial charge >= 0.3 is 24.4 Å². The number of anilines is 6. The van der Waals surface area contributed by atoms with Crippen molar-refractivity contribution in [1.82, 2.24) is 19.9 Å². The second kappa shape index (κ2) is 25.0. The molecule has 5 aliphatic heterocycles. The molecule has 0 saturated carbocycles. The van der Waals surface area contributed by atoms with Crippen molar-refractivity contribution >= 4 is 58.3 Å². The summed E-state index contributed by atoms with van der Waals surface area (Å²) in [6, 6.07) is 25.3.